The van der Waals surface area contributed by atoms with Crippen molar-refractivity contribution < 1.29 is 0 Å². The number of hydrogen-bond donors (Lipinski definition) is 1. The smallest absolute Gasteiger partial charge is 0.0471 e. The third-order valence-electron chi connectivity index (χ3n) is 2.25. The van der Waals surface area contributed by atoms with Gasteiger partial charge in [-0.25, -0.2) is 0 Å². The lowest BCUT2D eigenvalue weighted by atomic mass is 10.1. The number of rotatable bonds is 2. The van der Waals surface area contributed by atoms with Gasteiger partial charge in [0.15, 0.2) is 0 Å². The van der Waals surface area contributed by atoms with Crippen LogP contribution in [0.15, 0.2) is 24.4 Å². The summed E-state index contributed by atoms with van der Waals surface area (Å²) in [5.74, 6) is 0. The molecule has 0 aliphatic heterocycles. The Morgan fingerprint density at radius 2 is 2.23 bits per heavy atom. The second-order valence-electron chi connectivity index (χ2n) is 3.25. The fourth-order valence-electron chi connectivity index (χ4n) is 1.63. The molecule has 2 rings (SSSR count). The SMILES string of the molecule is CCCc1c[nH]c2cc(Cl)ccc12. The van der Waals surface area contributed by atoms with Crippen molar-refractivity contribution in [2.75, 3.05) is 0 Å². The number of aryl methyl sites for hydroxylation is 1. The first-order valence-electron chi connectivity index (χ1n) is 4.57. The molecule has 0 amide bonds. The van der Waals surface area contributed by atoms with Crippen LogP contribution in [0.1, 0.15) is 18.9 Å². The molecular weight excluding hydrogens is 182 g/mol. The summed E-state index contributed by atoms with van der Waals surface area (Å²) in [5.41, 5.74) is 2.52. The Kier molecular flexibility index (Phi) is 2.28. The van der Waals surface area contributed by atoms with Crippen LogP contribution in [0.5, 0.6) is 0 Å². The van der Waals surface area contributed by atoms with Gasteiger partial charge in [-0.05, 0) is 24.1 Å². The van der Waals surface area contributed by atoms with Gasteiger partial charge < -0.3 is 4.98 Å². The number of H-pyrrole nitrogens is 1. The molecule has 2 aromatic rings. The summed E-state index contributed by atoms with van der Waals surface area (Å²) in [6.07, 6.45) is 4.38. The Bertz CT molecular complexity index is 417. The molecule has 0 saturated heterocycles. The van der Waals surface area contributed by atoms with Crippen molar-refractivity contribution in [2.24, 2.45) is 0 Å². The van der Waals surface area contributed by atoms with E-state index in [0.717, 1.165) is 17.0 Å². The molecule has 0 fully saturated rings. The molecule has 0 radical (unpaired) electrons. The van der Waals surface area contributed by atoms with E-state index in [9.17, 15) is 0 Å². The van der Waals surface area contributed by atoms with Crippen molar-refractivity contribution >= 4 is 22.5 Å². The quantitative estimate of drug-likeness (QED) is 0.748. The minimum Gasteiger partial charge on any atom is -0.361 e. The van der Waals surface area contributed by atoms with Crippen LogP contribution in [-0.4, -0.2) is 4.98 Å². The van der Waals surface area contributed by atoms with Crippen LogP contribution in [0.25, 0.3) is 10.9 Å². The number of nitrogens with one attached hydrogen (secondary N) is 1. The monoisotopic (exact) mass is 193 g/mol. The highest BCUT2D eigenvalue weighted by atomic mass is 35.5. The zero-order valence-corrected chi connectivity index (χ0v) is 8.36. The molecule has 2 heteroatoms. The van der Waals surface area contributed by atoms with Crippen molar-refractivity contribution in [1.29, 1.82) is 0 Å². The number of fused-ring (bicyclic) bond motifs is 1. The number of aromatic amines is 1. The zero-order chi connectivity index (χ0) is 9.26. The third-order valence-corrected chi connectivity index (χ3v) is 2.48. The highest BCUT2D eigenvalue weighted by Crippen LogP contribution is 2.22. The van der Waals surface area contributed by atoms with E-state index in [1.54, 1.807) is 0 Å². The van der Waals surface area contributed by atoms with Crippen molar-refractivity contribution in [1.82, 2.24) is 4.98 Å². The molecule has 1 aromatic heterocycles. The topological polar surface area (TPSA) is 15.8 Å². The molecule has 0 saturated carbocycles. The number of aromatic nitrogens is 1. The molecule has 0 unspecified atom stereocenters. The minimum absolute atomic E-state index is 0.789. The molecule has 68 valence electrons. The molecule has 0 atom stereocenters. The van der Waals surface area contributed by atoms with Gasteiger partial charge in [0.1, 0.15) is 0 Å². The summed E-state index contributed by atoms with van der Waals surface area (Å²) in [6.45, 7) is 2.19. The molecule has 0 bridgehead atoms. The maximum absolute atomic E-state index is 5.88. The van der Waals surface area contributed by atoms with Crippen molar-refractivity contribution in [2.45, 2.75) is 19.8 Å². The standard InChI is InChI=1S/C11H12ClN/c1-2-3-8-7-13-11-6-9(12)4-5-10(8)11/h4-7,13H,2-3H2,1H3. The second-order valence-corrected chi connectivity index (χ2v) is 3.69. The molecule has 0 aliphatic carbocycles. The first-order chi connectivity index (χ1) is 6.31. The summed E-state index contributed by atoms with van der Waals surface area (Å²) in [6, 6.07) is 5.99. The van der Waals surface area contributed by atoms with Crippen LogP contribution < -0.4 is 0 Å². The first kappa shape index (κ1) is 8.64. The van der Waals surface area contributed by atoms with Gasteiger partial charge in [0.2, 0.25) is 0 Å². The number of benzene rings is 1. The molecule has 0 spiro atoms. The van der Waals surface area contributed by atoms with E-state index in [-0.39, 0.29) is 0 Å². The van der Waals surface area contributed by atoms with E-state index in [4.69, 9.17) is 11.6 Å². The van der Waals surface area contributed by atoms with Gasteiger partial charge in [-0.3, -0.25) is 0 Å². The summed E-state index contributed by atoms with van der Waals surface area (Å²) in [7, 11) is 0. The molecular formula is C11H12ClN. The summed E-state index contributed by atoms with van der Waals surface area (Å²) in [4.78, 5) is 3.23. The van der Waals surface area contributed by atoms with Crippen molar-refractivity contribution in [3.8, 4) is 0 Å². The van der Waals surface area contributed by atoms with E-state index >= 15 is 0 Å². The lowest BCUT2D eigenvalue weighted by Gasteiger charge is -1.95. The van der Waals surface area contributed by atoms with Gasteiger partial charge in [-0.2, -0.15) is 0 Å². The summed E-state index contributed by atoms with van der Waals surface area (Å²) >= 11 is 5.88. The number of hydrogen-bond acceptors (Lipinski definition) is 0. The van der Waals surface area contributed by atoms with E-state index in [1.807, 2.05) is 12.1 Å². The molecule has 1 aromatic carbocycles. The fourth-order valence-corrected chi connectivity index (χ4v) is 1.81. The van der Waals surface area contributed by atoms with Crippen molar-refractivity contribution in [3.63, 3.8) is 0 Å². The lowest BCUT2D eigenvalue weighted by molar-refractivity contribution is 0.929. The Morgan fingerprint density at radius 1 is 1.38 bits per heavy atom. The van der Waals surface area contributed by atoms with Crippen molar-refractivity contribution in [3.05, 3.63) is 35.0 Å². The second kappa shape index (κ2) is 3.43. The van der Waals surface area contributed by atoms with E-state index < -0.39 is 0 Å². The zero-order valence-electron chi connectivity index (χ0n) is 7.60. The minimum atomic E-state index is 0.789. The Morgan fingerprint density at radius 3 is 3.00 bits per heavy atom. The fraction of sp³-hybridized carbons (Fsp3) is 0.273. The van der Waals surface area contributed by atoms with E-state index in [2.05, 4.69) is 24.2 Å². The molecule has 13 heavy (non-hydrogen) atoms. The molecule has 1 heterocycles. The highest BCUT2D eigenvalue weighted by molar-refractivity contribution is 6.31. The number of halogens is 1. The Balaban J connectivity index is 2.55. The van der Waals surface area contributed by atoms with Crippen LogP contribution in [0, 0.1) is 0 Å². The normalized spacial score (nSPS) is 10.9. The van der Waals surface area contributed by atoms with Gasteiger partial charge >= 0.3 is 0 Å². The van der Waals surface area contributed by atoms with Gasteiger partial charge in [0.05, 0.1) is 0 Å². The van der Waals surface area contributed by atoms with Crippen LogP contribution in [-0.2, 0) is 6.42 Å². The largest absolute Gasteiger partial charge is 0.361 e. The molecule has 0 aliphatic rings. The maximum atomic E-state index is 5.88. The summed E-state index contributed by atoms with van der Waals surface area (Å²) < 4.78 is 0. The molecule has 1 N–H and O–H groups in total. The van der Waals surface area contributed by atoms with Gasteiger partial charge in [-0.1, -0.05) is 31.0 Å². The maximum Gasteiger partial charge on any atom is 0.0471 e. The highest BCUT2D eigenvalue weighted by Gasteiger charge is 2.02. The average Bonchev–Trinajstić information content (AvgIpc) is 2.49. The van der Waals surface area contributed by atoms with E-state index in [0.29, 0.717) is 0 Å². The predicted octanol–water partition coefficient (Wildman–Crippen LogP) is 3.77. The Hall–Kier alpha value is -0.950. The lowest BCUT2D eigenvalue weighted by Crippen LogP contribution is -1.78. The van der Waals surface area contributed by atoms with Crippen LogP contribution in [0.2, 0.25) is 5.02 Å². The Labute approximate surface area is 82.7 Å². The average molecular weight is 194 g/mol. The van der Waals surface area contributed by atoms with Gasteiger partial charge in [0, 0.05) is 22.1 Å². The van der Waals surface area contributed by atoms with Gasteiger partial charge in [-0.15, -0.1) is 0 Å². The van der Waals surface area contributed by atoms with Gasteiger partial charge in [0.25, 0.3) is 0 Å². The van der Waals surface area contributed by atoms with Crippen LogP contribution in [0.4, 0.5) is 0 Å². The third kappa shape index (κ3) is 1.56. The van der Waals surface area contributed by atoms with E-state index in [1.165, 1.54) is 17.4 Å². The summed E-state index contributed by atoms with van der Waals surface area (Å²) in [5, 5.41) is 2.09. The first-order valence-corrected chi connectivity index (χ1v) is 4.94. The van der Waals surface area contributed by atoms with Crippen LogP contribution in [0.3, 0.4) is 0 Å². The molecule has 1 nitrogen and oxygen atoms in total. The predicted molar refractivity (Wildman–Crippen MR) is 57.3 cm³/mol. The van der Waals surface area contributed by atoms with Crippen LogP contribution >= 0.6 is 11.6 Å².